The van der Waals surface area contributed by atoms with Gasteiger partial charge in [-0.15, -0.1) is 0 Å². The minimum absolute atomic E-state index is 0.334. The lowest BCUT2D eigenvalue weighted by atomic mass is 10.1. The number of fused-ring (bicyclic) bond motifs is 1. The Bertz CT molecular complexity index is 1320. The van der Waals surface area contributed by atoms with Crippen molar-refractivity contribution >= 4 is 40.3 Å². The average Bonchev–Trinajstić information content (AvgIpc) is 3.64. The first-order chi connectivity index (χ1) is 18.2. The minimum Gasteiger partial charge on any atom is -0.381 e. The molecule has 2 saturated heterocycles. The van der Waals surface area contributed by atoms with Gasteiger partial charge in [0.25, 0.3) is 0 Å². The molecule has 4 aromatic rings. The van der Waals surface area contributed by atoms with E-state index in [0.29, 0.717) is 16.4 Å². The zero-order valence-electron chi connectivity index (χ0n) is 20.5. The number of para-hydroxylation sites is 2. The van der Waals surface area contributed by atoms with Crippen LogP contribution in [-0.2, 0) is 4.74 Å². The molecule has 4 heterocycles. The second kappa shape index (κ2) is 12.1. The number of carbonyl (C=O) groups excluding carboxylic acids is 1. The third kappa shape index (κ3) is 6.37. The third-order valence-electron chi connectivity index (χ3n) is 6.21. The molecule has 6 rings (SSSR count). The van der Waals surface area contributed by atoms with Crippen LogP contribution in [0, 0.1) is 0 Å². The van der Waals surface area contributed by atoms with Gasteiger partial charge in [-0.1, -0.05) is 35.9 Å². The molecule has 0 unspecified atom stereocenters. The van der Waals surface area contributed by atoms with Gasteiger partial charge in [-0.3, -0.25) is 0 Å². The van der Waals surface area contributed by atoms with Gasteiger partial charge in [-0.05, 0) is 42.7 Å². The van der Waals surface area contributed by atoms with Crippen LogP contribution in [0.15, 0.2) is 67.1 Å². The first kappa shape index (κ1) is 25.0. The van der Waals surface area contributed by atoms with Gasteiger partial charge in [0.1, 0.15) is 0 Å². The van der Waals surface area contributed by atoms with Crippen molar-refractivity contribution in [2.45, 2.75) is 12.8 Å². The first-order valence-electron chi connectivity index (χ1n) is 12.5. The maximum absolute atomic E-state index is 12.7. The van der Waals surface area contributed by atoms with E-state index in [1.165, 1.54) is 12.8 Å². The number of carbonyl (C=O) groups is 1. The lowest BCUT2D eigenvalue weighted by Gasteiger charge is -2.31. The monoisotopic (exact) mass is 519 g/mol. The number of rotatable bonds is 4. The van der Waals surface area contributed by atoms with Crippen LogP contribution in [0.4, 0.5) is 21.9 Å². The fraction of sp³-hybridized carbons (Fsp3) is 0.296. The van der Waals surface area contributed by atoms with E-state index in [1.807, 2.05) is 48.5 Å². The fourth-order valence-electron chi connectivity index (χ4n) is 4.33. The first-order valence-corrected chi connectivity index (χ1v) is 12.8. The Morgan fingerprint density at radius 3 is 2.46 bits per heavy atom. The van der Waals surface area contributed by atoms with Crippen molar-refractivity contribution in [3.8, 4) is 11.1 Å². The second-order valence-corrected chi connectivity index (χ2v) is 9.27. The number of halogens is 1. The largest absolute Gasteiger partial charge is 0.381 e. The minimum atomic E-state index is -0.334. The summed E-state index contributed by atoms with van der Waals surface area (Å²) in [6.45, 7) is 5.65. The molecule has 0 bridgehead atoms. The van der Waals surface area contributed by atoms with Gasteiger partial charge in [0.05, 0.1) is 35.7 Å². The summed E-state index contributed by atoms with van der Waals surface area (Å²) in [5.74, 6) is 0. The lowest BCUT2D eigenvalue weighted by Crippen LogP contribution is -2.43. The highest BCUT2D eigenvalue weighted by Gasteiger charge is 2.16. The Kier molecular flexibility index (Phi) is 8.15. The molecule has 0 spiro atoms. The molecule has 0 radical (unpaired) electrons. The Morgan fingerprint density at radius 2 is 1.73 bits per heavy atom. The quantitative estimate of drug-likeness (QED) is 0.355. The van der Waals surface area contributed by atoms with Crippen molar-refractivity contribution in [3.63, 3.8) is 0 Å². The van der Waals surface area contributed by atoms with Crippen LogP contribution < -0.4 is 20.9 Å². The molecule has 3 N–H and O–H groups in total. The van der Waals surface area contributed by atoms with Gasteiger partial charge in [-0.2, -0.15) is 5.10 Å². The van der Waals surface area contributed by atoms with Crippen LogP contribution >= 0.6 is 11.6 Å². The van der Waals surface area contributed by atoms with E-state index in [9.17, 15) is 4.79 Å². The number of hydrogen-bond acceptors (Lipinski definition) is 6. The van der Waals surface area contributed by atoms with E-state index in [4.69, 9.17) is 16.3 Å². The molecule has 2 aromatic heterocycles. The Labute approximate surface area is 220 Å². The van der Waals surface area contributed by atoms with Crippen molar-refractivity contribution in [1.29, 1.82) is 0 Å². The van der Waals surface area contributed by atoms with Crippen LogP contribution in [0.1, 0.15) is 12.8 Å². The summed E-state index contributed by atoms with van der Waals surface area (Å²) in [6, 6.07) is 15.0. The summed E-state index contributed by atoms with van der Waals surface area (Å²) >= 11 is 5.98. The van der Waals surface area contributed by atoms with E-state index in [2.05, 4.69) is 30.9 Å². The number of amides is 2. The van der Waals surface area contributed by atoms with E-state index < -0.39 is 0 Å². The number of benzene rings is 2. The van der Waals surface area contributed by atoms with Crippen LogP contribution in [0.25, 0.3) is 16.8 Å². The second-order valence-electron chi connectivity index (χ2n) is 8.83. The van der Waals surface area contributed by atoms with Gasteiger partial charge < -0.3 is 25.6 Å². The van der Waals surface area contributed by atoms with Gasteiger partial charge >= 0.3 is 6.03 Å². The molecule has 0 atom stereocenters. The number of urea groups is 1. The summed E-state index contributed by atoms with van der Waals surface area (Å²) in [6.07, 6.45) is 7.67. The molecular weight excluding hydrogens is 490 g/mol. The maximum atomic E-state index is 12.7. The highest BCUT2D eigenvalue weighted by molar-refractivity contribution is 6.30. The molecule has 2 amide bonds. The van der Waals surface area contributed by atoms with Crippen molar-refractivity contribution in [3.05, 3.63) is 72.1 Å². The van der Waals surface area contributed by atoms with Crippen LogP contribution in [0.5, 0.6) is 0 Å². The summed E-state index contributed by atoms with van der Waals surface area (Å²) < 4.78 is 6.59. The standard InChI is InChI=1S/C23H22ClN7O.C4H8O/c24-17-7-5-16(6-8-17)19-14-27-31-15-18(13-26-22(19)31)28-23(32)29-20-3-1-2-4-21(20)30-11-9-25-10-12-30;1-2-4-5-3-1/h1-8,13-15,25H,9-12H2,(H2,28,29,32);1-4H2. The van der Waals surface area contributed by atoms with Crippen LogP contribution in [0.3, 0.4) is 0 Å². The summed E-state index contributed by atoms with van der Waals surface area (Å²) in [7, 11) is 0. The average molecular weight is 520 g/mol. The van der Waals surface area contributed by atoms with E-state index in [1.54, 1.807) is 23.1 Å². The molecule has 9 nitrogen and oxygen atoms in total. The highest BCUT2D eigenvalue weighted by Crippen LogP contribution is 2.27. The van der Waals surface area contributed by atoms with Gasteiger partial charge in [0.15, 0.2) is 5.65 Å². The van der Waals surface area contributed by atoms with Crippen LogP contribution in [-0.4, -0.2) is 60.0 Å². The van der Waals surface area contributed by atoms with Crippen molar-refractivity contribution < 1.29 is 9.53 Å². The van der Waals surface area contributed by atoms with Crippen LogP contribution in [0.2, 0.25) is 5.02 Å². The Morgan fingerprint density at radius 1 is 0.973 bits per heavy atom. The lowest BCUT2D eigenvalue weighted by molar-refractivity contribution is 0.198. The van der Waals surface area contributed by atoms with E-state index in [-0.39, 0.29) is 6.03 Å². The molecule has 0 saturated carbocycles. The predicted molar refractivity (Wildman–Crippen MR) is 148 cm³/mol. The van der Waals surface area contributed by atoms with E-state index in [0.717, 1.165) is 61.9 Å². The summed E-state index contributed by atoms with van der Waals surface area (Å²) in [5.41, 5.74) is 4.88. The van der Waals surface area contributed by atoms with Crippen molar-refractivity contribution in [2.75, 3.05) is 54.9 Å². The third-order valence-corrected chi connectivity index (χ3v) is 6.46. The van der Waals surface area contributed by atoms with Crippen molar-refractivity contribution in [2.24, 2.45) is 0 Å². The van der Waals surface area contributed by atoms with Gasteiger partial charge in [0, 0.05) is 50.0 Å². The highest BCUT2D eigenvalue weighted by atomic mass is 35.5. The number of hydrogen-bond donors (Lipinski definition) is 3. The predicted octanol–water partition coefficient (Wildman–Crippen LogP) is 4.90. The maximum Gasteiger partial charge on any atom is 0.323 e. The number of ether oxygens (including phenoxy) is 1. The number of nitrogens with one attached hydrogen (secondary N) is 3. The molecule has 2 aliphatic rings. The molecule has 2 aromatic carbocycles. The molecular formula is C27H30ClN7O2. The normalized spacial score (nSPS) is 15.2. The number of piperazine rings is 1. The number of anilines is 3. The zero-order chi connectivity index (χ0) is 25.5. The number of nitrogens with zero attached hydrogens (tertiary/aromatic N) is 4. The molecule has 0 aliphatic carbocycles. The fourth-order valence-corrected chi connectivity index (χ4v) is 4.45. The van der Waals surface area contributed by atoms with Gasteiger partial charge in [0.2, 0.25) is 0 Å². The Hall–Kier alpha value is -3.66. The molecule has 192 valence electrons. The van der Waals surface area contributed by atoms with Crippen molar-refractivity contribution in [1.82, 2.24) is 19.9 Å². The SMILES string of the molecule is C1CCOC1.O=C(Nc1cnc2c(-c3ccc(Cl)cc3)cnn2c1)Nc1ccccc1N1CCNCC1. The molecule has 10 heteroatoms. The van der Waals surface area contributed by atoms with Gasteiger partial charge in [-0.25, -0.2) is 14.3 Å². The number of aromatic nitrogens is 3. The topological polar surface area (TPSA) is 95.8 Å². The summed E-state index contributed by atoms with van der Waals surface area (Å²) in [5, 5.41) is 14.2. The zero-order valence-corrected chi connectivity index (χ0v) is 21.2. The molecule has 2 fully saturated rings. The molecule has 37 heavy (non-hydrogen) atoms. The smallest absolute Gasteiger partial charge is 0.323 e. The molecule has 2 aliphatic heterocycles. The Balaban J connectivity index is 0.000000503. The van der Waals surface area contributed by atoms with E-state index >= 15 is 0 Å². The summed E-state index contributed by atoms with van der Waals surface area (Å²) in [4.78, 5) is 19.5.